The van der Waals surface area contributed by atoms with Crippen LogP contribution in [0.5, 0.6) is 0 Å². The Bertz CT molecular complexity index is 727. The fourth-order valence-electron chi connectivity index (χ4n) is 2.16. The van der Waals surface area contributed by atoms with Gasteiger partial charge in [0.05, 0.1) is 12.2 Å². The summed E-state index contributed by atoms with van der Waals surface area (Å²) in [7, 11) is 0. The zero-order valence-corrected chi connectivity index (χ0v) is 12.5. The highest BCUT2D eigenvalue weighted by molar-refractivity contribution is 5.98. The number of carbonyl (C=O) groups excluding carboxylic acids is 2. The first-order chi connectivity index (χ1) is 10.8. The fraction of sp³-hybridized carbons (Fsp3) is 0.154. The van der Waals surface area contributed by atoms with Crippen LogP contribution in [0.25, 0.3) is 0 Å². The molecule has 8 N–H and O–H groups in total. The maximum Gasteiger partial charge on any atom is 0.335 e. The number of hydrogen-bond donors (Lipinski definition) is 4. The predicted molar refractivity (Wildman–Crippen MR) is 85.0 cm³/mol. The fourth-order valence-corrected chi connectivity index (χ4v) is 2.16. The summed E-state index contributed by atoms with van der Waals surface area (Å²) in [6.45, 7) is 1.91. The molecule has 2 aromatic rings. The number of carbonyl (C=O) groups is 2. The van der Waals surface area contributed by atoms with Crippen molar-refractivity contribution >= 4 is 23.6 Å². The quantitative estimate of drug-likeness (QED) is 0.346. The summed E-state index contributed by atoms with van der Waals surface area (Å²) in [4.78, 5) is 22.8. The van der Waals surface area contributed by atoms with Crippen LogP contribution < -0.4 is 33.2 Å². The van der Waals surface area contributed by atoms with Crippen LogP contribution in [0.1, 0.15) is 11.3 Å². The predicted octanol–water partition coefficient (Wildman–Crippen LogP) is -0.243. The summed E-state index contributed by atoms with van der Waals surface area (Å²) >= 11 is 0. The molecule has 10 nitrogen and oxygen atoms in total. The summed E-state index contributed by atoms with van der Waals surface area (Å²) in [5.74, 6) is 11.4. The van der Waals surface area contributed by atoms with E-state index in [0.29, 0.717) is 22.3 Å². The highest BCUT2D eigenvalue weighted by atomic mass is 16.2. The third-order valence-corrected chi connectivity index (χ3v) is 3.19. The molecule has 23 heavy (non-hydrogen) atoms. The van der Waals surface area contributed by atoms with Gasteiger partial charge in [0.2, 0.25) is 0 Å². The molecule has 0 atom stereocenters. The molecule has 0 unspecified atom stereocenters. The average molecular weight is 318 g/mol. The molecule has 10 heteroatoms. The van der Waals surface area contributed by atoms with Gasteiger partial charge in [-0.1, -0.05) is 30.3 Å². The van der Waals surface area contributed by atoms with Crippen LogP contribution in [-0.2, 0) is 6.54 Å². The number of aromatic nitrogens is 2. The molecule has 0 aliphatic rings. The Balaban J connectivity index is 2.56. The van der Waals surface area contributed by atoms with Crippen LogP contribution in [-0.4, -0.2) is 21.8 Å². The van der Waals surface area contributed by atoms with Gasteiger partial charge in [0, 0.05) is 0 Å². The average Bonchev–Trinajstić information content (AvgIpc) is 2.82. The van der Waals surface area contributed by atoms with Gasteiger partial charge in [0.15, 0.2) is 5.82 Å². The standard InChI is InChI=1S/C13H18N8O2/c1-8-10(20(16)12(14)22)11(21(17)13(15)23)19(18-8)7-9-5-3-2-4-6-9/h2-6H,7,16-17H2,1H3,(H2,14,22)(H2,15,23). The Labute approximate surface area is 132 Å². The maximum absolute atomic E-state index is 11.5. The molecule has 0 radical (unpaired) electrons. The highest BCUT2D eigenvalue weighted by Crippen LogP contribution is 2.30. The first-order valence-corrected chi connectivity index (χ1v) is 6.62. The number of amides is 4. The van der Waals surface area contributed by atoms with Crippen molar-refractivity contribution in [2.75, 3.05) is 10.0 Å². The van der Waals surface area contributed by atoms with Gasteiger partial charge in [-0.2, -0.15) is 5.10 Å². The van der Waals surface area contributed by atoms with E-state index in [1.165, 1.54) is 4.68 Å². The van der Waals surface area contributed by atoms with Crippen molar-refractivity contribution in [3.8, 4) is 0 Å². The monoisotopic (exact) mass is 318 g/mol. The van der Waals surface area contributed by atoms with Crippen LogP contribution in [0, 0.1) is 6.92 Å². The number of urea groups is 2. The first-order valence-electron chi connectivity index (χ1n) is 6.62. The second kappa shape index (κ2) is 6.34. The zero-order valence-electron chi connectivity index (χ0n) is 12.5. The Kier molecular flexibility index (Phi) is 4.48. The third-order valence-electron chi connectivity index (χ3n) is 3.19. The lowest BCUT2D eigenvalue weighted by atomic mass is 10.2. The number of anilines is 2. The van der Waals surface area contributed by atoms with Gasteiger partial charge in [-0.25, -0.2) is 36.0 Å². The van der Waals surface area contributed by atoms with Crippen LogP contribution in [0.3, 0.4) is 0 Å². The lowest BCUT2D eigenvalue weighted by Gasteiger charge is -2.21. The Morgan fingerprint density at radius 3 is 2.17 bits per heavy atom. The molecule has 122 valence electrons. The smallest absolute Gasteiger partial charge is 0.335 e. The molecule has 1 aromatic heterocycles. The molecule has 0 spiro atoms. The van der Waals surface area contributed by atoms with E-state index < -0.39 is 12.1 Å². The molecule has 1 heterocycles. The molecular weight excluding hydrogens is 300 g/mol. The van der Waals surface area contributed by atoms with Gasteiger partial charge in [0.1, 0.15) is 5.69 Å². The Morgan fingerprint density at radius 1 is 1.09 bits per heavy atom. The normalized spacial score (nSPS) is 10.4. The third kappa shape index (κ3) is 3.22. The lowest BCUT2D eigenvalue weighted by Crippen LogP contribution is -2.46. The molecule has 1 aromatic carbocycles. The first kappa shape index (κ1) is 16.3. The number of benzene rings is 1. The number of aryl methyl sites for hydroxylation is 1. The second-order valence-corrected chi connectivity index (χ2v) is 4.82. The number of hydrazine groups is 2. The van der Waals surface area contributed by atoms with E-state index in [4.69, 9.17) is 23.2 Å². The van der Waals surface area contributed by atoms with Gasteiger partial charge in [0.25, 0.3) is 0 Å². The Morgan fingerprint density at radius 2 is 1.65 bits per heavy atom. The largest absolute Gasteiger partial charge is 0.350 e. The summed E-state index contributed by atoms with van der Waals surface area (Å²) < 4.78 is 1.42. The maximum atomic E-state index is 11.5. The number of hydrogen-bond acceptors (Lipinski definition) is 5. The number of primary amides is 2. The molecule has 0 fully saturated rings. The molecule has 0 bridgehead atoms. The van der Waals surface area contributed by atoms with Crippen LogP contribution in [0.4, 0.5) is 21.1 Å². The van der Waals surface area contributed by atoms with Crippen LogP contribution in [0.2, 0.25) is 0 Å². The van der Waals surface area contributed by atoms with E-state index in [-0.39, 0.29) is 11.5 Å². The highest BCUT2D eigenvalue weighted by Gasteiger charge is 2.27. The number of nitrogens with zero attached hydrogens (tertiary/aromatic N) is 4. The number of rotatable bonds is 4. The summed E-state index contributed by atoms with van der Waals surface area (Å²) in [6.07, 6.45) is 0. The molecule has 2 rings (SSSR count). The molecule has 0 aliphatic carbocycles. The van der Waals surface area contributed by atoms with Gasteiger partial charge < -0.3 is 11.5 Å². The van der Waals surface area contributed by atoms with E-state index in [1.54, 1.807) is 6.92 Å². The minimum absolute atomic E-state index is 0.0696. The summed E-state index contributed by atoms with van der Waals surface area (Å²) in [5.41, 5.74) is 11.8. The molecule has 0 aliphatic heterocycles. The van der Waals surface area contributed by atoms with Gasteiger partial charge in [-0.05, 0) is 12.5 Å². The molecule has 4 amide bonds. The lowest BCUT2D eigenvalue weighted by molar-refractivity contribution is 0.252. The molecule has 0 saturated carbocycles. The minimum Gasteiger partial charge on any atom is -0.350 e. The SMILES string of the molecule is Cc1nn(Cc2ccccc2)c(N(N)C(N)=O)c1N(N)C(N)=O. The van der Waals surface area contributed by atoms with Gasteiger partial charge in [-0.3, -0.25) is 0 Å². The van der Waals surface area contributed by atoms with E-state index in [0.717, 1.165) is 5.56 Å². The summed E-state index contributed by atoms with van der Waals surface area (Å²) in [6, 6.07) is 7.49. The van der Waals surface area contributed by atoms with Crippen LogP contribution >= 0.6 is 0 Å². The van der Waals surface area contributed by atoms with Crippen LogP contribution in [0.15, 0.2) is 30.3 Å². The number of nitrogens with two attached hydrogens (primary N) is 4. The van der Waals surface area contributed by atoms with E-state index >= 15 is 0 Å². The summed E-state index contributed by atoms with van der Waals surface area (Å²) in [5, 5.41) is 5.61. The van der Waals surface area contributed by atoms with E-state index in [9.17, 15) is 9.59 Å². The van der Waals surface area contributed by atoms with E-state index in [2.05, 4.69) is 5.10 Å². The molecule has 0 saturated heterocycles. The van der Waals surface area contributed by atoms with Crippen molar-refractivity contribution < 1.29 is 9.59 Å². The van der Waals surface area contributed by atoms with Crippen molar-refractivity contribution in [1.82, 2.24) is 9.78 Å². The van der Waals surface area contributed by atoms with Crippen molar-refractivity contribution in [3.63, 3.8) is 0 Å². The molecular formula is C13H18N8O2. The van der Waals surface area contributed by atoms with Crippen molar-refractivity contribution in [3.05, 3.63) is 41.6 Å². The second-order valence-electron chi connectivity index (χ2n) is 4.82. The van der Waals surface area contributed by atoms with Gasteiger partial charge in [-0.15, -0.1) is 0 Å². The van der Waals surface area contributed by atoms with Crippen molar-refractivity contribution in [1.29, 1.82) is 0 Å². The Hall–Kier alpha value is -3.11. The topological polar surface area (TPSA) is 163 Å². The zero-order chi connectivity index (χ0) is 17.1. The van der Waals surface area contributed by atoms with E-state index in [1.807, 2.05) is 30.3 Å². The minimum atomic E-state index is -0.932. The van der Waals surface area contributed by atoms with Crippen molar-refractivity contribution in [2.45, 2.75) is 13.5 Å². The van der Waals surface area contributed by atoms with Gasteiger partial charge >= 0.3 is 12.1 Å². The van der Waals surface area contributed by atoms with Crippen molar-refractivity contribution in [2.24, 2.45) is 23.2 Å².